The molecule has 2 heterocycles. The van der Waals surface area contributed by atoms with Gasteiger partial charge >= 0.3 is 0 Å². The summed E-state index contributed by atoms with van der Waals surface area (Å²) in [7, 11) is 0. The number of hydrogen-bond donors (Lipinski definition) is 2. The van der Waals surface area contributed by atoms with Crippen LogP contribution in [-0.4, -0.2) is 59.1 Å². The zero-order valence-corrected chi connectivity index (χ0v) is 12.4. The third kappa shape index (κ3) is 5.32. The van der Waals surface area contributed by atoms with Gasteiger partial charge in [0.05, 0.1) is 0 Å². The molecule has 0 radical (unpaired) electrons. The van der Waals surface area contributed by atoms with Crippen LogP contribution in [-0.2, 0) is 4.79 Å². The van der Waals surface area contributed by atoms with Gasteiger partial charge in [-0.1, -0.05) is 0 Å². The summed E-state index contributed by atoms with van der Waals surface area (Å²) in [5.41, 5.74) is 0. The highest BCUT2D eigenvalue weighted by atomic mass is 32.2. The number of carbonyl (C=O) groups excluding carboxylic acids is 1. The van der Waals surface area contributed by atoms with Gasteiger partial charge in [0.1, 0.15) is 0 Å². The quantitative estimate of drug-likeness (QED) is 0.810. The summed E-state index contributed by atoms with van der Waals surface area (Å²) in [6.07, 6.45) is 0.636. The first kappa shape index (κ1) is 13.9. The van der Waals surface area contributed by atoms with Crippen molar-refractivity contribution in [3.05, 3.63) is 0 Å². The maximum atomic E-state index is 11.8. The van der Waals surface area contributed by atoms with Crippen molar-refractivity contribution < 1.29 is 4.79 Å². The molecule has 2 atom stereocenters. The van der Waals surface area contributed by atoms with Crippen molar-refractivity contribution in [1.29, 1.82) is 0 Å². The van der Waals surface area contributed by atoms with E-state index in [0.717, 1.165) is 18.8 Å². The van der Waals surface area contributed by atoms with Crippen molar-refractivity contribution in [2.24, 2.45) is 0 Å². The molecule has 0 saturated carbocycles. The van der Waals surface area contributed by atoms with Gasteiger partial charge in [0.2, 0.25) is 5.91 Å². The third-order valence-electron chi connectivity index (χ3n) is 2.84. The molecule has 0 bridgehead atoms. The van der Waals surface area contributed by atoms with E-state index in [2.05, 4.69) is 10.6 Å². The zero-order chi connectivity index (χ0) is 11.9. The highest BCUT2D eigenvalue weighted by Crippen LogP contribution is 2.23. The van der Waals surface area contributed by atoms with Crippen molar-refractivity contribution in [1.82, 2.24) is 10.6 Å². The number of hydrogen-bond acceptors (Lipinski definition) is 5. The smallest absolute Gasteiger partial charge is 0.221 e. The van der Waals surface area contributed by atoms with Gasteiger partial charge in [0.15, 0.2) is 0 Å². The molecule has 3 nitrogen and oxygen atoms in total. The van der Waals surface area contributed by atoms with Crippen LogP contribution in [0.2, 0.25) is 0 Å². The van der Waals surface area contributed by atoms with E-state index >= 15 is 0 Å². The normalized spacial score (nSPS) is 29.9. The number of amides is 1. The largest absolute Gasteiger partial charge is 0.355 e. The highest BCUT2D eigenvalue weighted by Gasteiger charge is 2.18. The van der Waals surface area contributed by atoms with Crippen LogP contribution in [0, 0.1) is 0 Å². The van der Waals surface area contributed by atoms with Crippen molar-refractivity contribution >= 4 is 41.2 Å². The number of nitrogens with one attached hydrogen (secondary N) is 2. The van der Waals surface area contributed by atoms with Gasteiger partial charge in [0, 0.05) is 59.6 Å². The second-order valence-electron chi connectivity index (χ2n) is 4.30. The predicted octanol–water partition coefficient (Wildman–Crippen LogP) is 1.05. The van der Waals surface area contributed by atoms with Gasteiger partial charge in [-0.2, -0.15) is 35.3 Å². The van der Waals surface area contributed by atoms with Crippen LogP contribution >= 0.6 is 35.3 Å². The summed E-state index contributed by atoms with van der Waals surface area (Å²) in [5, 5.41) is 7.09. The molecule has 2 aliphatic heterocycles. The third-order valence-corrected chi connectivity index (χ3v) is 6.82. The first-order valence-corrected chi connectivity index (χ1v) is 9.47. The molecule has 0 aromatic rings. The van der Waals surface area contributed by atoms with Crippen LogP contribution in [0.3, 0.4) is 0 Å². The lowest BCUT2D eigenvalue weighted by molar-refractivity contribution is -0.121. The van der Waals surface area contributed by atoms with Gasteiger partial charge < -0.3 is 10.6 Å². The van der Waals surface area contributed by atoms with Crippen LogP contribution in [0.15, 0.2) is 0 Å². The molecule has 17 heavy (non-hydrogen) atoms. The maximum Gasteiger partial charge on any atom is 0.221 e. The number of rotatable bonds is 4. The molecule has 6 heteroatoms. The molecule has 2 rings (SSSR count). The monoisotopic (exact) mass is 292 g/mol. The van der Waals surface area contributed by atoms with E-state index in [-0.39, 0.29) is 5.91 Å². The first-order valence-electron chi connectivity index (χ1n) is 6.12. The molecule has 2 aliphatic rings. The van der Waals surface area contributed by atoms with Crippen molar-refractivity contribution in [2.45, 2.75) is 17.7 Å². The Morgan fingerprint density at radius 3 is 2.82 bits per heavy atom. The van der Waals surface area contributed by atoms with E-state index in [1.165, 1.54) is 23.0 Å². The second-order valence-corrected chi connectivity index (χ2v) is 8.01. The molecule has 0 aromatic carbocycles. The highest BCUT2D eigenvalue weighted by molar-refractivity contribution is 8.06. The topological polar surface area (TPSA) is 41.1 Å². The molecular weight excluding hydrogens is 272 g/mol. The standard InChI is InChI=1S/C11H20N2OS3/c14-11(5-9-7-15-2-1-12-9)13-6-10-8-16-3-4-17-10/h9-10,12H,1-8H2,(H,13,14). The van der Waals surface area contributed by atoms with E-state index < -0.39 is 0 Å². The summed E-state index contributed by atoms with van der Waals surface area (Å²) in [6, 6.07) is 0.377. The summed E-state index contributed by atoms with van der Waals surface area (Å²) < 4.78 is 0. The van der Waals surface area contributed by atoms with Crippen LogP contribution in [0.5, 0.6) is 0 Å². The van der Waals surface area contributed by atoms with E-state index in [0.29, 0.717) is 17.7 Å². The number of thioether (sulfide) groups is 3. The van der Waals surface area contributed by atoms with Gasteiger partial charge in [-0.3, -0.25) is 4.79 Å². The SMILES string of the molecule is O=C(CC1CSCCN1)NCC1CSCCS1. The lowest BCUT2D eigenvalue weighted by Gasteiger charge is -2.24. The van der Waals surface area contributed by atoms with Crippen molar-refractivity contribution in [3.63, 3.8) is 0 Å². The fourth-order valence-corrected chi connectivity index (χ4v) is 5.49. The minimum Gasteiger partial charge on any atom is -0.355 e. The lowest BCUT2D eigenvalue weighted by atomic mass is 10.2. The van der Waals surface area contributed by atoms with Gasteiger partial charge in [-0.25, -0.2) is 0 Å². The fraction of sp³-hybridized carbons (Fsp3) is 0.909. The summed E-state index contributed by atoms with van der Waals surface area (Å²) >= 11 is 5.94. The van der Waals surface area contributed by atoms with Gasteiger partial charge in [-0.15, -0.1) is 0 Å². The Kier molecular flexibility index (Phi) is 6.39. The maximum absolute atomic E-state index is 11.8. The van der Waals surface area contributed by atoms with Crippen LogP contribution in [0.1, 0.15) is 6.42 Å². The van der Waals surface area contributed by atoms with E-state index in [1.54, 1.807) is 0 Å². The lowest BCUT2D eigenvalue weighted by Crippen LogP contribution is -2.42. The molecule has 2 saturated heterocycles. The minimum absolute atomic E-state index is 0.209. The first-order chi connectivity index (χ1) is 8.34. The molecular formula is C11H20N2OS3. The Morgan fingerprint density at radius 1 is 1.24 bits per heavy atom. The summed E-state index contributed by atoms with van der Waals surface area (Å²) in [4.78, 5) is 11.8. The average molecular weight is 292 g/mol. The van der Waals surface area contributed by atoms with Crippen LogP contribution < -0.4 is 10.6 Å². The fourth-order valence-electron chi connectivity index (χ4n) is 1.93. The molecule has 2 fully saturated rings. The number of carbonyl (C=O) groups is 1. The van der Waals surface area contributed by atoms with E-state index in [1.807, 2.05) is 35.3 Å². The predicted molar refractivity (Wildman–Crippen MR) is 80.3 cm³/mol. The Morgan fingerprint density at radius 2 is 2.12 bits per heavy atom. The minimum atomic E-state index is 0.209. The zero-order valence-electron chi connectivity index (χ0n) is 9.94. The van der Waals surface area contributed by atoms with Crippen LogP contribution in [0.4, 0.5) is 0 Å². The molecule has 1 amide bonds. The second kappa shape index (κ2) is 7.81. The van der Waals surface area contributed by atoms with Gasteiger partial charge in [-0.05, 0) is 0 Å². The van der Waals surface area contributed by atoms with Crippen LogP contribution in [0.25, 0.3) is 0 Å². The van der Waals surface area contributed by atoms with E-state index in [9.17, 15) is 4.79 Å². The van der Waals surface area contributed by atoms with Gasteiger partial charge in [0.25, 0.3) is 0 Å². The average Bonchev–Trinajstić information content (AvgIpc) is 2.39. The summed E-state index contributed by atoms with van der Waals surface area (Å²) in [6.45, 7) is 1.88. The molecule has 0 aliphatic carbocycles. The van der Waals surface area contributed by atoms with Crippen molar-refractivity contribution in [3.8, 4) is 0 Å². The Hall–Kier alpha value is 0.480. The Labute approximate surface area is 116 Å². The molecule has 2 unspecified atom stereocenters. The Balaban J connectivity index is 1.59. The van der Waals surface area contributed by atoms with E-state index in [4.69, 9.17) is 0 Å². The molecule has 0 spiro atoms. The molecule has 98 valence electrons. The Bertz CT molecular complexity index is 241. The van der Waals surface area contributed by atoms with Crippen molar-refractivity contribution in [2.75, 3.05) is 41.9 Å². The summed E-state index contributed by atoms with van der Waals surface area (Å²) in [5.74, 6) is 6.13. The molecule has 0 aromatic heterocycles. The molecule has 2 N–H and O–H groups in total.